The third-order valence-corrected chi connectivity index (χ3v) is 7.43. The van der Waals surface area contributed by atoms with Crippen molar-refractivity contribution in [1.29, 1.82) is 0 Å². The van der Waals surface area contributed by atoms with Gasteiger partial charge in [-0.05, 0) is 55.5 Å². The van der Waals surface area contributed by atoms with Gasteiger partial charge in [0.2, 0.25) is 0 Å². The summed E-state index contributed by atoms with van der Waals surface area (Å²) in [5.41, 5.74) is 1.77. The lowest BCUT2D eigenvalue weighted by Crippen LogP contribution is -2.41. The second-order valence-corrected chi connectivity index (χ2v) is 10.7. The molecule has 0 fully saturated rings. The molecule has 2 aromatic carbocycles. The van der Waals surface area contributed by atoms with Gasteiger partial charge in [-0.2, -0.15) is 0 Å². The van der Waals surface area contributed by atoms with Crippen molar-refractivity contribution in [2.24, 2.45) is 0 Å². The lowest BCUT2D eigenvalue weighted by molar-refractivity contribution is -0.384. The van der Waals surface area contributed by atoms with Crippen LogP contribution in [-0.2, 0) is 43.8 Å². The molecule has 4 rings (SSSR count). The number of nitro groups is 1. The zero-order valence-electron chi connectivity index (χ0n) is 24.2. The second-order valence-electron chi connectivity index (χ2n) is 10.1. The van der Waals surface area contributed by atoms with E-state index in [1.807, 2.05) is 18.4 Å². The number of benzene rings is 2. The van der Waals surface area contributed by atoms with Crippen LogP contribution in [0.3, 0.4) is 0 Å². The number of hydrogen-bond donors (Lipinski definition) is 1. The molecule has 1 N–H and O–H groups in total. The van der Waals surface area contributed by atoms with E-state index in [9.17, 15) is 28.5 Å². The average Bonchev–Trinajstić information content (AvgIpc) is 3.33. The van der Waals surface area contributed by atoms with Crippen LogP contribution in [0.1, 0.15) is 50.1 Å². The molecule has 1 unspecified atom stereocenters. The molecule has 2 heterocycles. The molecule has 1 atom stereocenters. The predicted octanol–water partition coefficient (Wildman–Crippen LogP) is 3.07. The maximum Gasteiger partial charge on any atom is 0.332 e. The third kappa shape index (κ3) is 7.83. The number of nitrogens with one attached hydrogen (secondary N) is 1. The summed E-state index contributed by atoms with van der Waals surface area (Å²) in [7, 11) is 0. The van der Waals surface area contributed by atoms with Gasteiger partial charge in [0.15, 0.2) is 11.2 Å². The van der Waals surface area contributed by atoms with Crippen LogP contribution in [0.4, 0.5) is 5.69 Å². The molecule has 0 radical (unpaired) electrons. The van der Waals surface area contributed by atoms with Crippen LogP contribution < -0.4 is 20.7 Å². The summed E-state index contributed by atoms with van der Waals surface area (Å²) < 4.78 is 31.2. The van der Waals surface area contributed by atoms with Crippen molar-refractivity contribution in [3.63, 3.8) is 0 Å². The number of nitrogens with zero attached hydrogens (tertiary/aromatic N) is 5. The number of unbranched alkanes of at least 4 members (excludes halogenated alkanes) is 1. The van der Waals surface area contributed by atoms with E-state index in [0.29, 0.717) is 62.3 Å². The highest BCUT2D eigenvalue weighted by Crippen LogP contribution is 2.19. The Kier molecular flexibility index (Phi) is 11.0. The Bertz CT molecular complexity index is 1690. The van der Waals surface area contributed by atoms with Gasteiger partial charge in [0.25, 0.3) is 11.2 Å². The van der Waals surface area contributed by atoms with E-state index < -0.39 is 22.0 Å². The van der Waals surface area contributed by atoms with Crippen molar-refractivity contribution in [2.75, 3.05) is 13.1 Å². The fourth-order valence-corrected chi connectivity index (χ4v) is 5.28. The minimum absolute atomic E-state index is 0.0413. The lowest BCUT2D eigenvalue weighted by atomic mass is 10.1. The SMILES string of the molecule is CCCn1c(=O)c2c(nc(Cc3ccc(OS(=O)[O-])cc3)n2CCNCC)n(CCCCc2ccc([N+](=O)[O-])cc2)c1=O. The molecule has 0 bridgehead atoms. The van der Waals surface area contributed by atoms with Crippen molar-refractivity contribution >= 4 is 28.2 Å². The van der Waals surface area contributed by atoms with Crippen LogP contribution in [0.2, 0.25) is 0 Å². The summed E-state index contributed by atoms with van der Waals surface area (Å²) in [6.07, 6.45) is 3.02. The predicted molar refractivity (Wildman–Crippen MR) is 162 cm³/mol. The first-order chi connectivity index (χ1) is 20.7. The zero-order valence-corrected chi connectivity index (χ0v) is 25.0. The Hall–Kier alpha value is -4.14. The number of aromatic nitrogens is 4. The van der Waals surface area contributed by atoms with Crippen molar-refractivity contribution in [3.8, 4) is 5.75 Å². The van der Waals surface area contributed by atoms with Gasteiger partial charge < -0.3 is 18.6 Å². The number of likely N-dealkylation sites (N-methyl/N-ethyl adjacent to an activating group) is 1. The van der Waals surface area contributed by atoms with Gasteiger partial charge >= 0.3 is 5.69 Å². The van der Waals surface area contributed by atoms with E-state index >= 15 is 0 Å². The molecule has 14 heteroatoms. The summed E-state index contributed by atoms with van der Waals surface area (Å²) in [4.78, 5) is 42.6. The first-order valence-corrected chi connectivity index (χ1v) is 15.3. The molecular weight excluding hydrogens is 576 g/mol. The van der Waals surface area contributed by atoms with Crippen LogP contribution in [0.25, 0.3) is 11.2 Å². The van der Waals surface area contributed by atoms with Gasteiger partial charge in [0, 0.05) is 44.7 Å². The third-order valence-electron chi connectivity index (χ3n) is 7.10. The first-order valence-electron chi connectivity index (χ1n) is 14.3. The van der Waals surface area contributed by atoms with Gasteiger partial charge in [-0.3, -0.25) is 24.0 Å². The van der Waals surface area contributed by atoms with E-state index in [0.717, 1.165) is 24.1 Å². The normalized spacial score (nSPS) is 12.1. The summed E-state index contributed by atoms with van der Waals surface area (Å²) in [5.74, 6) is 0.794. The fourth-order valence-electron chi connectivity index (χ4n) is 5.01. The van der Waals surface area contributed by atoms with E-state index in [1.165, 1.54) is 16.7 Å². The molecule has 230 valence electrons. The van der Waals surface area contributed by atoms with Crippen LogP contribution in [0, 0.1) is 10.1 Å². The maximum atomic E-state index is 13.7. The standard InChI is InChI=1S/C29H36N6O7S/c1-3-17-34-28(36)26-27(33(29(34)37)18-6-5-7-21-8-12-23(13-9-21)35(38)39)31-25(32(26)19-16-30-4-2)20-22-10-14-24(15-11-22)42-43(40)41/h8-15,30H,3-7,16-20H2,1-2H3,(H,40,41)/p-1. The maximum absolute atomic E-state index is 13.7. The van der Waals surface area contributed by atoms with Crippen LogP contribution in [0.15, 0.2) is 58.1 Å². The molecule has 0 saturated heterocycles. The topological polar surface area (TPSA) is 166 Å². The number of hydrogen-bond acceptors (Lipinski definition) is 9. The number of fused-ring (bicyclic) bond motifs is 1. The molecule has 13 nitrogen and oxygen atoms in total. The highest BCUT2D eigenvalue weighted by molar-refractivity contribution is 7.74. The van der Waals surface area contributed by atoms with Crippen LogP contribution in [-0.4, -0.2) is 45.5 Å². The summed E-state index contributed by atoms with van der Waals surface area (Å²) >= 11 is -2.68. The Morgan fingerprint density at radius 2 is 1.63 bits per heavy atom. The van der Waals surface area contributed by atoms with Gasteiger partial charge in [-0.15, -0.1) is 0 Å². The van der Waals surface area contributed by atoms with E-state index in [-0.39, 0.29) is 23.5 Å². The smallest absolute Gasteiger partial charge is 0.332 e. The molecule has 0 aliphatic heterocycles. The molecule has 0 spiro atoms. The molecule has 2 aromatic heterocycles. The number of rotatable bonds is 16. The van der Waals surface area contributed by atoms with Gasteiger partial charge in [-0.25, -0.2) is 14.0 Å². The highest BCUT2D eigenvalue weighted by Gasteiger charge is 2.21. The number of nitro benzene ring substituents is 1. The number of non-ortho nitro benzene ring substituents is 1. The van der Waals surface area contributed by atoms with Crippen molar-refractivity contribution < 1.29 is 17.9 Å². The van der Waals surface area contributed by atoms with E-state index in [4.69, 9.17) is 9.17 Å². The molecule has 4 aromatic rings. The van der Waals surface area contributed by atoms with Crippen molar-refractivity contribution in [2.45, 2.75) is 65.6 Å². The fraction of sp³-hybridized carbons (Fsp3) is 0.414. The largest absolute Gasteiger partial charge is 0.740 e. The summed E-state index contributed by atoms with van der Waals surface area (Å²) in [6, 6.07) is 13.0. The van der Waals surface area contributed by atoms with Crippen LogP contribution >= 0.6 is 0 Å². The van der Waals surface area contributed by atoms with Crippen molar-refractivity contribution in [1.82, 2.24) is 24.0 Å². The van der Waals surface area contributed by atoms with Gasteiger partial charge in [0.05, 0.1) is 4.92 Å². The molecule has 0 aliphatic rings. The Labute approximate surface area is 250 Å². The molecule has 0 aliphatic carbocycles. The Balaban J connectivity index is 1.68. The highest BCUT2D eigenvalue weighted by atomic mass is 32.2. The minimum atomic E-state index is -2.68. The monoisotopic (exact) mass is 611 g/mol. The zero-order chi connectivity index (χ0) is 30.9. The number of imidazole rings is 1. The summed E-state index contributed by atoms with van der Waals surface area (Å²) in [5, 5.41) is 14.2. The van der Waals surface area contributed by atoms with E-state index in [2.05, 4.69) is 5.32 Å². The Morgan fingerprint density at radius 1 is 0.930 bits per heavy atom. The molecule has 0 saturated carbocycles. The van der Waals surface area contributed by atoms with Crippen molar-refractivity contribution in [3.05, 3.63) is 96.4 Å². The molecule has 43 heavy (non-hydrogen) atoms. The molecular formula is C29H35N6O7S-. The molecule has 0 amide bonds. The summed E-state index contributed by atoms with van der Waals surface area (Å²) in [6.45, 7) is 6.36. The Morgan fingerprint density at radius 3 is 2.26 bits per heavy atom. The second kappa shape index (κ2) is 14.8. The van der Waals surface area contributed by atoms with Gasteiger partial charge in [0.1, 0.15) is 22.9 Å². The number of aryl methyl sites for hydroxylation is 2. The lowest BCUT2D eigenvalue weighted by Gasteiger charge is -2.13. The van der Waals surface area contributed by atoms with Gasteiger partial charge in [-0.1, -0.05) is 38.1 Å². The van der Waals surface area contributed by atoms with Crippen LogP contribution in [0.5, 0.6) is 5.75 Å². The van der Waals surface area contributed by atoms with E-state index in [1.54, 1.807) is 41.0 Å². The quantitative estimate of drug-likeness (QED) is 0.0867. The minimum Gasteiger partial charge on any atom is -0.740 e. The first kappa shape index (κ1) is 31.8. The average molecular weight is 612 g/mol.